The molecule has 19 aromatic rings. The summed E-state index contributed by atoms with van der Waals surface area (Å²) >= 11 is 5.51. The molecule has 0 atom stereocenters. The molecular formula is C89H57N7S3. The van der Waals surface area contributed by atoms with Gasteiger partial charge in [-0.05, 0) is 211 Å². The Hall–Kier alpha value is -11.5. The lowest BCUT2D eigenvalue weighted by Crippen LogP contribution is -2.03. The number of aryl methyl sites for hydroxylation is 3. The number of hydrogen-bond donors (Lipinski definition) is 0. The molecule has 466 valence electrons. The quantitative estimate of drug-likeness (QED) is 0.163. The average Bonchev–Trinajstić information content (AvgIpc) is 1.60. The highest BCUT2D eigenvalue weighted by Crippen LogP contribution is 2.50. The van der Waals surface area contributed by atoms with Gasteiger partial charge in [0.1, 0.15) is 17.5 Å². The van der Waals surface area contributed by atoms with Crippen LogP contribution in [0.25, 0.3) is 159 Å². The second kappa shape index (κ2) is 22.8. The lowest BCUT2D eigenvalue weighted by atomic mass is 9.92. The highest BCUT2D eigenvalue weighted by molar-refractivity contribution is 8.00. The smallest absolute Gasteiger partial charge is 0.111 e. The van der Waals surface area contributed by atoms with Gasteiger partial charge >= 0.3 is 0 Å². The van der Waals surface area contributed by atoms with Crippen molar-refractivity contribution in [2.45, 2.75) is 50.1 Å². The van der Waals surface area contributed by atoms with Crippen molar-refractivity contribution in [3.05, 3.63) is 309 Å². The Morgan fingerprint density at radius 3 is 1.06 bits per heavy atom. The van der Waals surface area contributed by atoms with Crippen LogP contribution >= 0.6 is 35.3 Å². The number of fused-ring (bicyclic) bond motifs is 15. The van der Waals surface area contributed by atoms with Gasteiger partial charge in [0.15, 0.2) is 0 Å². The Bertz CT molecular complexity index is 6390. The molecule has 0 fully saturated rings. The van der Waals surface area contributed by atoms with E-state index in [0.29, 0.717) is 0 Å². The van der Waals surface area contributed by atoms with Crippen molar-refractivity contribution in [3.63, 3.8) is 0 Å². The second-order valence-electron chi connectivity index (χ2n) is 25.7. The van der Waals surface area contributed by atoms with Crippen LogP contribution in [0, 0.1) is 20.8 Å². The zero-order valence-corrected chi connectivity index (χ0v) is 56.5. The minimum atomic E-state index is 1.03. The first-order valence-corrected chi connectivity index (χ1v) is 35.9. The second-order valence-corrected chi connectivity index (χ2v) is 29.0. The fourth-order valence-corrected chi connectivity index (χ4v) is 18.9. The van der Waals surface area contributed by atoms with Gasteiger partial charge in [0.25, 0.3) is 0 Å². The Morgan fingerprint density at radius 1 is 0.253 bits per heavy atom. The maximum absolute atomic E-state index is 4.79. The molecule has 10 heteroatoms. The van der Waals surface area contributed by atoms with Crippen LogP contribution in [-0.2, 0) is 0 Å². The standard InChI is InChI=1S/C34H22N2S.C28H18N2S.C27H17N3S/c1-21-35-30-11-6-12-32-34(30)36(21)31-18-17-24(20-33(31)37-32)22-13-15-23(16-14-22)29-19-25-7-2-3-8-26(25)27-9-4-5-10-28(27)29;1-17-29-24-11-6-12-26-28(24)30(17)25-14-13-19(16-27(25)31-26)23-15-18-7-2-3-8-20(18)21-9-4-5-10-22(21)23;1-16-29-22-9-4-10-24-27(22)30(16)23-12-11-18(15-25(23)31-24)21-14-17-6-2-3-7-19(17)26-20(21)8-5-13-28-26/h2-20H,1H3;2-16H,1H3;2-15H,1H3. The fourth-order valence-electron chi connectivity index (χ4n) is 15.6. The zero-order chi connectivity index (χ0) is 65.6. The van der Waals surface area contributed by atoms with E-state index in [1.165, 1.54) is 167 Å². The van der Waals surface area contributed by atoms with Crippen LogP contribution in [0.15, 0.2) is 321 Å². The van der Waals surface area contributed by atoms with E-state index in [1.54, 1.807) is 0 Å². The van der Waals surface area contributed by atoms with E-state index >= 15 is 0 Å². The summed E-state index contributed by atoms with van der Waals surface area (Å²) in [5.41, 5.74) is 21.5. The first kappa shape index (κ1) is 57.7. The van der Waals surface area contributed by atoms with E-state index in [9.17, 15) is 0 Å². The highest BCUT2D eigenvalue weighted by atomic mass is 32.2. The molecule has 0 saturated heterocycles. The Morgan fingerprint density at radius 2 is 0.596 bits per heavy atom. The summed E-state index contributed by atoms with van der Waals surface area (Å²) in [5.74, 6) is 3.09. The van der Waals surface area contributed by atoms with Gasteiger partial charge in [-0.2, -0.15) is 0 Å². The molecule has 0 aliphatic carbocycles. The largest absolute Gasteiger partial charge is 0.294 e. The summed E-state index contributed by atoms with van der Waals surface area (Å²) in [6, 6.07) is 103. The third kappa shape index (κ3) is 9.31. The minimum absolute atomic E-state index is 1.03. The zero-order valence-electron chi connectivity index (χ0n) is 54.1. The van der Waals surface area contributed by atoms with Crippen molar-refractivity contribution in [1.82, 2.24) is 33.6 Å². The minimum Gasteiger partial charge on any atom is -0.294 e. The summed E-state index contributed by atoms with van der Waals surface area (Å²) in [6.45, 7) is 6.26. The first-order chi connectivity index (χ1) is 48.8. The van der Waals surface area contributed by atoms with Crippen LogP contribution < -0.4 is 0 Å². The molecule has 0 amide bonds. The average molecular weight is 1320 g/mol. The molecule has 3 aliphatic heterocycles. The van der Waals surface area contributed by atoms with E-state index < -0.39 is 0 Å². The molecule has 0 unspecified atom stereocenters. The van der Waals surface area contributed by atoms with Gasteiger partial charge in [-0.1, -0.05) is 223 Å². The third-order valence-electron chi connectivity index (χ3n) is 20.0. The Kier molecular flexibility index (Phi) is 13.3. The van der Waals surface area contributed by atoms with Crippen LogP contribution in [0.4, 0.5) is 0 Å². The lowest BCUT2D eigenvalue weighted by molar-refractivity contribution is 0.963. The van der Waals surface area contributed by atoms with Crippen LogP contribution in [0.2, 0.25) is 0 Å². The SMILES string of the molecule is Cc1nc2cccc3c2n1-c1ccc(-c2cc4ccccc4c4ccccc24)cc1S3.Cc1nc2cccc3c2n1-c1ccc(-c2cc4ccccc4c4ncccc24)cc1S3.Cc1nc2cccc3c2n1-c1ccc(-c2ccc(-c4cc5ccccc5c5ccccc45)cc2)cc1S3. The van der Waals surface area contributed by atoms with E-state index in [-0.39, 0.29) is 0 Å². The molecule has 4 aromatic heterocycles. The van der Waals surface area contributed by atoms with Crippen LogP contribution in [0.1, 0.15) is 17.5 Å². The summed E-state index contributed by atoms with van der Waals surface area (Å²) in [6.07, 6.45) is 1.88. The van der Waals surface area contributed by atoms with Crippen molar-refractivity contribution >= 4 is 133 Å². The number of hydrogen-bond acceptors (Lipinski definition) is 7. The van der Waals surface area contributed by atoms with Crippen molar-refractivity contribution in [3.8, 4) is 61.6 Å². The monoisotopic (exact) mass is 1320 g/mol. The van der Waals surface area contributed by atoms with Gasteiger partial charge in [0.2, 0.25) is 0 Å². The van der Waals surface area contributed by atoms with E-state index in [0.717, 1.165) is 39.5 Å². The lowest BCUT2D eigenvalue weighted by Gasteiger charge is -2.21. The summed E-state index contributed by atoms with van der Waals surface area (Å²) in [4.78, 5) is 26.7. The van der Waals surface area contributed by atoms with Crippen molar-refractivity contribution in [2.75, 3.05) is 0 Å². The van der Waals surface area contributed by atoms with E-state index in [1.807, 2.05) is 47.5 Å². The summed E-state index contributed by atoms with van der Waals surface area (Å²) < 4.78 is 6.90. The predicted octanol–water partition coefficient (Wildman–Crippen LogP) is 24.4. The van der Waals surface area contributed by atoms with Crippen molar-refractivity contribution < 1.29 is 0 Å². The fraction of sp³-hybridized carbons (Fsp3) is 0.0337. The number of para-hydroxylation sites is 3. The molecule has 0 spiro atoms. The summed E-state index contributed by atoms with van der Waals surface area (Å²) in [7, 11) is 0. The Balaban J connectivity index is 0.000000101. The molecule has 99 heavy (non-hydrogen) atoms. The third-order valence-corrected chi connectivity index (χ3v) is 23.3. The summed E-state index contributed by atoms with van der Waals surface area (Å²) in [5, 5.41) is 13.9. The van der Waals surface area contributed by atoms with Gasteiger partial charge in [0.05, 0.1) is 55.7 Å². The molecule has 7 heterocycles. The molecular weight excluding hydrogens is 1260 g/mol. The van der Waals surface area contributed by atoms with E-state index in [4.69, 9.17) is 19.9 Å². The van der Waals surface area contributed by atoms with Gasteiger partial charge in [0, 0.05) is 46.3 Å². The molecule has 3 aliphatic rings. The molecule has 0 radical (unpaired) electrons. The number of benzene rings is 15. The van der Waals surface area contributed by atoms with Gasteiger partial charge in [-0.25, -0.2) is 15.0 Å². The van der Waals surface area contributed by atoms with E-state index in [2.05, 4.69) is 314 Å². The molecule has 7 nitrogen and oxygen atoms in total. The predicted molar refractivity (Wildman–Crippen MR) is 414 cm³/mol. The van der Waals surface area contributed by atoms with Crippen LogP contribution in [-0.4, -0.2) is 33.6 Å². The van der Waals surface area contributed by atoms with Crippen LogP contribution in [0.5, 0.6) is 0 Å². The van der Waals surface area contributed by atoms with Crippen molar-refractivity contribution in [2.24, 2.45) is 0 Å². The molecule has 22 rings (SSSR count). The maximum atomic E-state index is 4.79. The van der Waals surface area contributed by atoms with Crippen molar-refractivity contribution in [1.29, 1.82) is 0 Å². The Labute approximate surface area is 583 Å². The molecule has 0 bridgehead atoms. The molecule has 0 saturated carbocycles. The number of imidazole rings is 3. The first-order valence-electron chi connectivity index (χ1n) is 33.4. The van der Waals surface area contributed by atoms with Gasteiger partial charge in [-0.3, -0.25) is 18.7 Å². The highest BCUT2D eigenvalue weighted by Gasteiger charge is 2.27. The number of pyridine rings is 1. The normalized spacial score (nSPS) is 12.5. The molecule has 0 N–H and O–H groups in total. The number of aromatic nitrogens is 7. The topological polar surface area (TPSA) is 66.3 Å². The van der Waals surface area contributed by atoms with Gasteiger partial charge < -0.3 is 0 Å². The maximum Gasteiger partial charge on any atom is 0.111 e. The van der Waals surface area contributed by atoms with Crippen LogP contribution in [0.3, 0.4) is 0 Å². The number of rotatable bonds is 4. The number of nitrogens with zero attached hydrogens (tertiary/aromatic N) is 7. The van der Waals surface area contributed by atoms with Gasteiger partial charge in [-0.15, -0.1) is 0 Å². The molecule has 15 aromatic carbocycles.